The SMILES string of the molecule is CNc1cncc(C(=O)N2CCC[C@@H](Nc3c(C(=O)N4CCO[C@H](CCl)C4)cc(Br)cc3[N+](=O)[O-])C2)c1. The first-order chi connectivity index (χ1) is 17.8. The summed E-state index contributed by atoms with van der Waals surface area (Å²) in [6, 6.07) is 4.41. The van der Waals surface area contributed by atoms with Crippen molar-refractivity contribution in [2.45, 2.75) is 25.0 Å². The Morgan fingerprint density at radius 1 is 1.22 bits per heavy atom. The molecule has 13 heteroatoms. The van der Waals surface area contributed by atoms with E-state index in [1.807, 2.05) is 0 Å². The van der Waals surface area contributed by atoms with Gasteiger partial charge in [0.05, 0.1) is 40.3 Å². The molecule has 2 N–H and O–H groups in total. The molecule has 2 aliphatic rings. The fraction of sp³-hybridized carbons (Fsp3) is 0.458. The molecule has 1 aromatic heterocycles. The summed E-state index contributed by atoms with van der Waals surface area (Å²) < 4.78 is 5.98. The zero-order valence-corrected chi connectivity index (χ0v) is 22.6. The summed E-state index contributed by atoms with van der Waals surface area (Å²) >= 11 is 9.25. The van der Waals surface area contributed by atoms with Gasteiger partial charge in [0.25, 0.3) is 17.5 Å². The van der Waals surface area contributed by atoms with Gasteiger partial charge in [-0.05, 0) is 25.0 Å². The molecule has 4 rings (SSSR count). The molecule has 2 atom stereocenters. The van der Waals surface area contributed by atoms with Gasteiger partial charge in [0.15, 0.2) is 0 Å². The highest BCUT2D eigenvalue weighted by Gasteiger charge is 2.32. The van der Waals surface area contributed by atoms with E-state index in [9.17, 15) is 19.7 Å². The average molecular weight is 596 g/mol. The molecular formula is C24H28BrClN6O5. The van der Waals surface area contributed by atoms with Gasteiger partial charge in [-0.1, -0.05) is 15.9 Å². The molecular weight excluding hydrogens is 568 g/mol. The lowest BCUT2D eigenvalue weighted by Crippen LogP contribution is -2.47. The lowest BCUT2D eigenvalue weighted by Gasteiger charge is -2.35. The van der Waals surface area contributed by atoms with Crippen LogP contribution in [0, 0.1) is 10.1 Å². The van der Waals surface area contributed by atoms with Gasteiger partial charge < -0.3 is 25.2 Å². The first kappa shape index (κ1) is 27.1. The summed E-state index contributed by atoms with van der Waals surface area (Å²) in [4.78, 5) is 45.6. The predicted molar refractivity (Wildman–Crippen MR) is 143 cm³/mol. The Morgan fingerprint density at radius 3 is 2.73 bits per heavy atom. The Bertz CT molecular complexity index is 1180. The number of benzene rings is 1. The molecule has 1 aromatic carbocycles. The molecule has 2 fully saturated rings. The molecule has 2 aromatic rings. The molecule has 37 heavy (non-hydrogen) atoms. The molecule has 0 bridgehead atoms. The third-order valence-electron chi connectivity index (χ3n) is 6.44. The van der Waals surface area contributed by atoms with E-state index in [1.165, 1.54) is 12.3 Å². The van der Waals surface area contributed by atoms with E-state index in [-0.39, 0.29) is 46.8 Å². The molecule has 2 aliphatic heterocycles. The number of morpholine rings is 1. The highest BCUT2D eigenvalue weighted by molar-refractivity contribution is 9.10. The van der Waals surface area contributed by atoms with Crippen molar-refractivity contribution in [2.24, 2.45) is 0 Å². The number of carbonyl (C=O) groups excluding carboxylic acids is 2. The standard InChI is InChI=1S/C24H28BrClN6O5/c1-27-18-7-15(11-28-12-18)23(33)30-4-2-3-17(13-30)29-22-20(8-16(25)9-21(22)32(35)36)24(34)31-5-6-37-19(10-26)14-31/h7-9,11-12,17,19,27,29H,2-6,10,13-14H2,1H3/t17-,19-/m1/s1. The molecule has 11 nitrogen and oxygen atoms in total. The first-order valence-corrected chi connectivity index (χ1v) is 13.3. The van der Waals surface area contributed by atoms with Crippen LogP contribution in [-0.2, 0) is 4.74 Å². The van der Waals surface area contributed by atoms with Crippen molar-refractivity contribution in [3.63, 3.8) is 0 Å². The normalized spacial score (nSPS) is 19.9. The highest BCUT2D eigenvalue weighted by atomic mass is 79.9. The van der Waals surface area contributed by atoms with Gasteiger partial charge >= 0.3 is 0 Å². The van der Waals surface area contributed by atoms with E-state index in [2.05, 4.69) is 31.5 Å². The van der Waals surface area contributed by atoms with Crippen LogP contribution in [0.4, 0.5) is 17.1 Å². The van der Waals surface area contributed by atoms with Gasteiger partial charge in [-0.3, -0.25) is 24.7 Å². The van der Waals surface area contributed by atoms with Gasteiger partial charge in [0.2, 0.25) is 0 Å². The van der Waals surface area contributed by atoms with Crippen LogP contribution in [-0.4, -0.2) is 89.4 Å². The van der Waals surface area contributed by atoms with E-state index in [0.717, 1.165) is 5.69 Å². The minimum Gasteiger partial charge on any atom is -0.387 e. The summed E-state index contributed by atoms with van der Waals surface area (Å²) in [5, 5.41) is 18.2. The van der Waals surface area contributed by atoms with Crippen LogP contribution in [0.3, 0.4) is 0 Å². The zero-order valence-electron chi connectivity index (χ0n) is 20.3. The highest BCUT2D eigenvalue weighted by Crippen LogP contribution is 2.35. The van der Waals surface area contributed by atoms with Crippen LogP contribution < -0.4 is 10.6 Å². The summed E-state index contributed by atoms with van der Waals surface area (Å²) in [6.07, 6.45) is 4.24. The van der Waals surface area contributed by atoms with Gasteiger partial charge in [-0.15, -0.1) is 11.6 Å². The van der Waals surface area contributed by atoms with Gasteiger partial charge in [-0.25, -0.2) is 0 Å². The van der Waals surface area contributed by atoms with Crippen molar-refractivity contribution in [1.82, 2.24) is 14.8 Å². The topological polar surface area (TPSA) is 130 Å². The van der Waals surface area contributed by atoms with Gasteiger partial charge in [-0.2, -0.15) is 0 Å². The Hall–Kier alpha value is -2.96. The van der Waals surface area contributed by atoms with E-state index in [4.69, 9.17) is 16.3 Å². The number of aromatic nitrogens is 1. The Labute approximate surface area is 227 Å². The summed E-state index contributed by atoms with van der Waals surface area (Å²) in [6.45, 7) is 1.88. The second-order valence-corrected chi connectivity index (χ2v) is 10.2. The number of halogens is 2. The molecule has 0 unspecified atom stereocenters. The number of hydrogen-bond acceptors (Lipinski definition) is 8. The van der Waals surface area contributed by atoms with Crippen molar-refractivity contribution in [1.29, 1.82) is 0 Å². The minimum atomic E-state index is -0.509. The molecule has 2 saturated heterocycles. The van der Waals surface area contributed by atoms with E-state index in [1.54, 1.807) is 35.2 Å². The quantitative estimate of drug-likeness (QED) is 0.282. The molecule has 0 saturated carbocycles. The number of piperidine rings is 1. The minimum absolute atomic E-state index is 0.144. The van der Waals surface area contributed by atoms with Crippen molar-refractivity contribution < 1.29 is 19.2 Å². The van der Waals surface area contributed by atoms with Crippen molar-refractivity contribution in [3.05, 3.63) is 56.3 Å². The number of hydrogen-bond donors (Lipinski definition) is 2. The second-order valence-electron chi connectivity index (χ2n) is 8.95. The smallest absolute Gasteiger partial charge is 0.294 e. The summed E-state index contributed by atoms with van der Waals surface area (Å²) in [7, 11) is 1.75. The van der Waals surface area contributed by atoms with Crippen molar-refractivity contribution in [2.75, 3.05) is 56.3 Å². The maximum absolute atomic E-state index is 13.5. The third kappa shape index (κ3) is 6.31. The number of amides is 2. The number of nitro benzene ring substituents is 1. The fourth-order valence-electron chi connectivity index (χ4n) is 4.58. The molecule has 0 spiro atoms. The Morgan fingerprint density at radius 2 is 2.00 bits per heavy atom. The average Bonchev–Trinajstić information content (AvgIpc) is 2.93. The molecule has 2 amide bonds. The monoisotopic (exact) mass is 594 g/mol. The number of nitrogens with one attached hydrogen (secondary N) is 2. The number of rotatable bonds is 7. The molecule has 3 heterocycles. The Kier molecular flexibility index (Phi) is 8.83. The number of nitro groups is 1. The number of likely N-dealkylation sites (tertiary alicyclic amines) is 1. The number of pyridine rings is 1. The van der Waals surface area contributed by atoms with Gasteiger partial charge in [0, 0.05) is 62.2 Å². The number of anilines is 2. The number of carbonyl (C=O) groups is 2. The molecule has 198 valence electrons. The lowest BCUT2D eigenvalue weighted by molar-refractivity contribution is -0.384. The fourth-order valence-corrected chi connectivity index (χ4v) is 5.22. The number of alkyl halides is 1. The third-order valence-corrected chi connectivity index (χ3v) is 7.24. The van der Waals surface area contributed by atoms with Crippen LogP contribution in [0.1, 0.15) is 33.6 Å². The van der Waals surface area contributed by atoms with Crippen LogP contribution in [0.2, 0.25) is 0 Å². The van der Waals surface area contributed by atoms with E-state index in [0.29, 0.717) is 55.7 Å². The van der Waals surface area contributed by atoms with E-state index >= 15 is 0 Å². The second kappa shape index (κ2) is 12.1. The predicted octanol–water partition coefficient (Wildman–Crippen LogP) is 3.59. The zero-order chi connectivity index (χ0) is 26.5. The first-order valence-electron chi connectivity index (χ1n) is 11.9. The van der Waals surface area contributed by atoms with Crippen LogP contribution in [0.25, 0.3) is 0 Å². The maximum atomic E-state index is 13.5. The maximum Gasteiger partial charge on any atom is 0.294 e. The van der Waals surface area contributed by atoms with Crippen LogP contribution in [0.5, 0.6) is 0 Å². The van der Waals surface area contributed by atoms with Crippen molar-refractivity contribution >= 4 is 56.4 Å². The van der Waals surface area contributed by atoms with E-state index < -0.39 is 4.92 Å². The Balaban J connectivity index is 1.59. The molecule has 0 radical (unpaired) electrons. The number of nitrogens with zero attached hydrogens (tertiary/aromatic N) is 4. The summed E-state index contributed by atoms with van der Waals surface area (Å²) in [5.41, 5.74) is 1.30. The largest absolute Gasteiger partial charge is 0.387 e. The van der Waals surface area contributed by atoms with Gasteiger partial charge in [0.1, 0.15) is 5.69 Å². The van der Waals surface area contributed by atoms with Crippen LogP contribution >= 0.6 is 27.5 Å². The molecule has 0 aliphatic carbocycles. The number of ether oxygens (including phenoxy) is 1. The summed E-state index contributed by atoms with van der Waals surface area (Å²) in [5.74, 6) is -0.270. The lowest BCUT2D eigenvalue weighted by atomic mass is 10.0. The van der Waals surface area contributed by atoms with Crippen molar-refractivity contribution in [3.8, 4) is 0 Å². The van der Waals surface area contributed by atoms with Crippen LogP contribution in [0.15, 0.2) is 35.1 Å².